The molecule has 2 aliphatic rings. The molecule has 1 fully saturated rings. The predicted molar refractivity (Wildman–Crippen MR) is 159 cm³/mol. The maximum absolute atomic E-state index is 13.0. The van der Waals surface area contributed by atoms with Gasteiger partial charge in [0, 0.05) is 27.3 Å². The lowest BCUT2D eigenvalue weighted by Gasteiger charge is -2.49. The molecule has 12 nitrogen and oxygen atoms in total. The fourth-order valence-corrected chi connectivity index (χ4v) is 8.02. The van der Waals surface area contributed by atoms with Gasteiger partial charge in [-0.3, -0.25) is 19.3 Å². The number of thiazole rings is 1. The van der Waals surface area contributed by atoms with Gasteiger partial charge < -0.3 is 25.7 Å². The number of carboxylic acids is 1. The summed E-state index contributed by atoms with van der Waals surface area (Å²) in [7, 11) is 1.54. The van der Waals surface area contributed by atoms with Crippen molar-refractivity contribution >= 4 is 84.9 Å². The number of methoxy groups -OCH3 is 1. The number of anilines is 1. The molecule has 1 saturated heterocycles. The lowest BCUT2D eigenvalue weighted by molar-refractivity contribution is -0.150. The Kier molecular flexibility index (Phi) is 8.81. The summed E-state index contributed by atoms with van der Waals surface area (Å²) in [5, 5.41) is 19.0. The van der Waals surface area contributed by atoms with Crippen LogP contribution in [0.25, 0.3) is 10.1 Å². The van der Waals surface area contributed by atoms with Gasteiger partial charge in [-0.05, 0) is 35.3 Å². The molecule has 17 heteroatoms. The van der Waals surface area contributed by atoms with Crippen molar-refractivity contribution in [3.05, 3.63) is 68.3 Å². The van der Waals surface area contributed by atoms with Gasteiger partial charge in [-0.25, -0.2) is 14.2 Å². The van der Waals surface area contributed by atoms with E-state index in [1.807, 2.05) is 0 Å². The summed E-state index contributed by atoms with van der Waals surface area (Å²) in [5.74, 6) is -1.94. The summed E-state index contributed by atoms with van der Waals surface area (Å²) >= 11 is 4.93. The van der Waals surface area contributed by atoms with E-state index in [2.05, 4.69) is 20.3 Å². The second kappa shape index (κ2) is 12.5. The van der Waals surface area contributed by atoms with E-state index in [1.54, 1.807) is 36.8 Å². The van der Waals surface area contributed by atoms with Crippen LogP contribution in [0.2, 0.25) is 0 Å². The van der Waals surface area contributed by atoms with Crippen LogP contribution < -0.4 is 21.2 Å². The Labute approximate surface area is 253 Å². The molecule has 2 aliphatic heterocycles. The number of nitrogens with two attached hydrogens (primary N) is 1. The van der Waals surface area contributed by atoms with Crippen LogP contribution in [0.3, 0.4) is 0 Å². The smallest absolute Gasteiger partial charge is 0.352 e. The number of hydrogen-bond donors (Lipinski definition) is 3. The molecule has 4 N–H and O–H groups in total. The number of rotatable bonds is 10. The average Bonchev–Trinajstić information content (AvgIpc) is 3.40. The zero-order valence-corrected chi connectivity index (χ0v) is 24.7. The first kappa shape index (κ1) is 29.6. The van der Waals surface area contributed by atoms with Gasteiger partial charge >= 0.3 is 5.97 Å². The Bertz CT molecular complexity index is 1740. The van der Waals surface area contributed by atoms with Crippen molar-refractivity contribution in [1.82, 2.24) is 15.2 Å². The topological polar surface area (TPSA) is 174 Å². The van der Waals surface area contributed by atoms with Crippen LogP contribution in [0, 0.1) is 0 Å². The molecule has 5 rings (SSSR count). The third kappa shape index (κ3) is 5.85. The fourth-order valence-electron chi connectivity index (χ4n) is 4.15. The number of hydrogen-bond acceptors (Lipinski definition) is 13. The SMILES string of the molecule is COc1ccc2c(=O)cc(S/C=C/C3=C(C(=O)O)N4C(=O)C(NC(=O)/C(=N\OCF)c5csc(N)n5)[C@H]4SC3)sc2c1. The number of carboxylic acid groups (broad SMARTS) is 1. The van der Waals surface area contributed by atoms with Gasteiger partial charge in [-0.15, -0.1) is 34.4 Å². The Hall–Kier alpha value is -3.93. The minimum Gasteiger partial charge on any atom is -0.497 e. The van der Waals surface area contributed by atoms with E-state index >= 15 is 0 Å². The molecule has 2 atom stereocenters. The maximum atomic E-state index is 13.0. The number of oxime groups is 1. The van der Waals surface area contributed by atoms with Gasteiger partial charge in [-0.1, -0.05) is 16.9 Å². The average molecular weight is 650 g/mol. The van der Waals surface area contributed by atoms with Crippen molar-refractivity contribution in [3.63, 3.8) is 0 Å². The number of nitrogens with one attached hydrogen (secondary N) is 1. The van der Waals surface area contributed by atoms with Crippen molar-refractivity contribution in [2.24, 2.45) is 5.16 Å². The number of nitrogen functional groups attached to an aromatic ring is 1. The van der Waals surface area contributed by atoms with Gasteiger partial charge in [0.15, 0.2) is 16.3 Å². The maximum Gasteiger partial charge on any atom is 0.352 e. The van der Waals surface area contributed by atoms with Crippen LogP contribution in [0.4, 0.5) is 9.52 Å². The second-order valence-electron chi connectivity index (χ2n) is 8.50. The third-order valence-corrected chi connectivity index (χ3v) is 10.1. The highest BCUT2D eigenvalue weighted by atomic mass is 32.2. The third-order valence-electron chi connectivity index (χ3n) is 6.04. The largest absolute Gasteiger partial charge is 0.497 e. The number of amides is 2. The van der Waals surface area contributed by atoms with Crippen LogP contribution in [0.1, 0.15) is 5.69 Å². The molecule has 1 unspecified atom stereocenters. The monoisotopic (exact) mass is 649 g/mol. The molecule has 0 bridgehead atoms. The first-order chi connectivity index (χ1) is 20.2. The number of benzene rings is 1. The van der Waals surface area contributed by atoms with E-state index in [9.17, 15) is 28.7 Å². The zero-order valence-electron chi connectivity index (χ0n) is 21.4. The number of aromatic nitrogens is 1. The number of fused-ring (bicyclic) bond motifs is 2. The van der Waals surface area contributed by atoms with E-state index in [1.165, 1.54) is 46.3 Å². The summed E-state index contributed by atoms with van der Waals surface area (Å²) in [6, 6.07) is 5.65. The summed E-state index contributed by atoms with van der Waals surface area (Å²) in [4.78, 5) is 60.1. The molecule has 2 amide bonds. The fraction of sp³-hybridized carbons (Fsp3) is 0.200. The molecular formula is C25H20FN5O7S4. The van der Waals surface area contributed by atoms with Crippen molar-refractivity contribution < 1.29 is 33.5 Å². The molecule has 218 valence electrons. The Morgan fingerprint density at radius 2 is 2.17 bits per heavy atom. The van der Waals surface area contributed by atoms with Crippen LogP contribution >= 0.6 is 46.2 Å². The number of β-lactam (4-membered cyclic amide) rings is 1. The summed E-state index contributed by atoms with van der Waals surface area (Å²) < 4.78 is 19.2. The van der Waals surface area contributed by atoms with E-state index in [-0.39, 0.29) is 33.4 Å². The van der Waals surface area contributed by atoms with Crippen LogP contribution in [0.15, 0.2) is 66.6 Å². The van der Waals surface area contributed by atoms with E-state index in [0.717, 1.165) is 20.9 Å². The second-order valence-corrected chi connectivity index (χ2v) is 12.8. The molecule has 0 radical (unpaired) electrons. The minimum atomic E-state index is -1.30. The highest BCUT2D eigenvalue weighted by Crippen LogP contribution is 2.41. The van der Waals surface area contributed by atoms with Crippen molar-refractivity contribution in [2.75, 3.05) is 25.5 Å². The summed E-state index contributed by atoms with van der Waals surface area (Å²) in [5.41, 5.74) is 5.31. The van der Waals surface area contributed by atoms with Gasteiger partial charge in [0.1, 0.15) is 28.6 Å². The minimum absolute atomic E-state index is 0.0370. The van der Waals surface area contributed by atoms with E-state index < -0.39 is 36.1 Å². The summed E-state index contributed by atoms with van der Waals surface area (Å²) in [6.45, 7) is -1.29. The molecule has 3 aromatic rings. The number of carbonyl (C=O) groups excluding carboxylic acids is 2. The number of allylic oxidation sites excluding steroid dienone is 1. The molecule has 42 heavy (non-hydrogen) atoms. The van der Waals surface area contributed by atoms with Gasteiger partial charge in [0.25, 0.3) is 18.7 Å². The van der Waals surface area contributed by atoms with Gasteiger partial charge in [0.05, 0.1) is 11.3 Å². The molecular weight excluding hydrogens is 630 g/mol. The molecule has 0 spiro atoms. The quantitative estimate of drug-likeness (QED) is 0.128. The molecule has 0 saturated carbocycles. The summed E-state index contributed by atoms with van der Waals surface area (Å²) in [6.07, 6.45) is 1.59. The highest BCUT2D eigenvalue weighted by molar-refractivity contribution is 8.04. The van der Waals surface area contributed by atoms with E-state index in [4.69, 9.17) is 10.5 Å². The lowest BCUT2D eigenvalue weighted by atomic mass is 10.0. The normalized spacial score (nSPS) is 18.7. The van der Waals surface area contributed by atoms with E-state index in [0.29, 0.717) is 20.9 Å². The molecule has 1 aromatic carbocycles. The number of nitrogens with zero attached hydrogens (tertiary/aromatic N) is 3. The predicted octanol–water partition coefficient (Wildman–Crippen LogP) is 3.00. The number of carbonyl (C=O) groups is 3. The Balaban J connectivity index is 1.32. The number of aliphatic carboxylic acids is 1. The van der Waals surface area contributed by atoms with Crippen LogP contribution in [-0.4, -0.2) is 69.6 Å². The Morgan fingerprint density at radius 1 is 1.36 bits per heavy atom. The van der Waals surface area contributed by atoms with Crippen molar-refractivity contribution in [1.29, 1.82) is 0 Å². The number of thioether (sulfide) groups is 2. The zero-order chi connectivity index (χ0) is 30.0. The number of halogens is 1. The molecule has 4 heterocycles. The first-order valence-electron chi connectivity index (χ1n) is 11.9. The number of alkyl halides is 1. The van der Waals surface area contributed by atoms with Crippen LogP contribution in [-0.2, 0) is 19.2 Å². The van der Waals surface area contributed by atoms with Crippen molar-refractivity contribution in [3.8, 4) is 5.75 Å². The van der Waals surface area contributed by atoms with Crippen LogP contribution in [0.5, 0.6) is 5.75 Å². The Morgan fingerprint density at radius 3 is 2.86 bits per heavy atom. The lowest BCUT2D eigenvalue weighted by Crippen LogP contribution is -2.71. The van der Waals surface area contributed by atoms with Gasteiger partial charge in [0.2, 0.25) is 0 Å². The first-order valence-corrected chi connectivity index (χ1v) is 15.5. The van der Waals surface area contributed by atoms with Gasteiger partial charge in [-0.2, -0.15) is 0 Å². The van der Waals surface area contributed by atoms with Crippen molar-refractivity contribution in [2.45, 2.75) is 15.6 Å². The number of ether oxygens (including phenoxy) is 1. The molecule has 0 aliphatic carbocycles. The molecule has 2 aromatic heterocycles. The highest BCUT2D eigenvalue weighted by Gasteiger charge is 2.54. The standard InChI is InChI=1S/C25H20FN5O7S4/c1-37-12-2-3-13-15(32)7-17(42-16(13)6-12)39-5-4-11-8-40-23-19(22(34)31(23)20(11)24(35)36)29-21(33)18(30-38-10-26)14-9-41-25(27)28-14/h2-7,9,19,23H,8,10H2,1H3,(H2,27,28)(H,29,33)(H,35,36)/b5-4+,30-18-/t19?,23-/m1/s1.